The van der Waals surface area contributed by atoms with Gasteiger partial charge in [0.2, 0.25) is 5.69 Å². The molecule has 1 aliphatic carbocycles. The third kappa shape index (κ3) is 4.95. The number of likely N-dealkylation sites (N-methyl/N-ethyl adjacent to an activating group) is 1. The zero-order valence-electron chi connectivity index (χ0n) is 29.0. The minimum absolute atomic E-state index is 0.0732. The summed E-state index contributed by atoms with van der Waals surface area (Å²) in [6.45, 7) is 5.86. The summed E-state index contributed by atoms with van der Waals surface area (Å²) in [5.41, 5.74) is 10.0. The number of nitrogens with zero attached hydrogens (tertiary/aromatic N) is 2. The topological polar surface area (TPSA) is 6.25 Å². The van der Waals surface area contributed by atoms with Crippen molar-refractivity contribution in [3.8, 4) is 0 Å². The molecule has 1 spiro atoms. The Morgan fingerprint density at radius 3 is 2.21 bits per heavy atom. The van der Waals surface area contributed by atoms with Gasteiger partial charge in [-0.2, -0.15) is 4.58 Å². The maximum Gasteiger partial charge on any atom is 0.210 e. The second kappa shape index (κ2) is 12.5. The standard InChI is InChI=1S/C46H49N2/c1-4-5-16-32-48-40-29-27-35-20-10-12-22-37(35)43(40)46(30-14-7-15-31-46)42(48)25-17-24-41-45(2,33-34-18-8-6-9-19-34)39-28-26-36-21-11-13-23-38(36)44(39)47(41)3/h6,8-13,17-29H,4-5,7,14-16,30-33H2,1-3H3/q+1. The molecule has 48 heavy (non-hydrogen) atoms. The number of rotatable bonds is 8. The van der Waals surface area contributed by atoms with E-state index >= 15 is 0 Å². The Morgan fingerprint density at radius 1 is 0.750 bits per heavy atom. The smallest absolute Gasteiger partial charge is 0.210 e. The fourth-order valence-corrected chi connectivity index (χ4v) is 9.58. The molecule has 0 N–H and O–H groups in total. The molecule has 0 amide bonds. The second-order valence-corrected chi connectivity index (χ2v) is 14.7. The highest BCUT2D eigenvalue weighted by atomic mass is 15.2. The van der Waals surface area contributed by atoms with Gasteiger partial charge in [0.05, 0.1) is 11.1 Å². The van der Waals surface area contributed by atoms with E-state index in [4.69, 9.17) is 0 Å². The van der Waals surface area contributed by atoms with Crippen molar-refractivity contribution in [2.75, 3.05) is 18.5 Å². The van der Waals surface area contributed by atoms with Crippen LogP contribution in [0.3, 0.4) is 0 Å². The van der Waals surface area contributed by atoms with E-state index in [1.54, 1.807) is 5.56 Å². The zero-order chi connectivity index (χ0) is 32.7. The van der Waals surface area contributed by atoms with E-state index in [2.05, 4.69) is 152 Å². The quantitative estimate of drug-likeness (QED) is 0.122. The highest BCUT2D eigenvalue weighted by Gasteiger charge is 2.52. The summed E-state index contributed by atoms with van der Waals surface area (Å²) >= 11 is 0. The molecule has 0 aromatic heterocycles. The molecule has 0 radical (unpaired) electrons. The van der Waals surface area contributed by atoms with E-state index in [0.29, 0.717) is 0 Å². The molecule has 0 saturated heterocycles. The van der Waals surface area contributed by atoms with E-state index in [0.717, 1.165) is 13.0 Å². The molecule has 1 saturated carbocycles. The first-order chi connectivity index (χ1) is 23.5. The van der Waals surface area contributed by atoms with Gasteiger partial charge in [0, 0.05) is 47.7 Å². The van der Waals surface area contributed by atoms with Gasteiger partial charge in [-0.3, -0.25) is 0 Å². The molecule has 1 unspecified atom stereocenters. The lowest BCUT2D eigenvalue weighted by Crippen LogP contribution is -2.36. The average Bonchev–Trinajstić information content (AvgIpc) is 3.49. The predicted molar refractivity (Wildman–Crippen MR) is 205 cm³/mol. The van der Waals surface area contributed by atoms with Crippen LogP contribution >= 0.6 is 0 Å². The lowest BCUT2D eigenvalue weighted by atomic mass is 9.66. The first-order valence-electron chi connectivity index (χ1n) is 18.4. The van der Waals surface area contributed by atoms with Crippen molar-refractivity contribution in [1.82, 2.24) is 0 Å². The van der Waals surface area contributed by atoms with Gasteiger partial charge in [-0.05, 0) is 72.0 Å². The fourth-order valence-electron chi connectivity index (χ4n) is 9.58. The van der Waals surface area contributed by atoms with Crippen molar-refractivity contribution in [2.24, 2.45) is 0 Å². The number of allylic oxidation sites excluding steroid dienone is 4. The van der Waals surface area contributed by atoms with E-state index in [1.165, 1.54) is 107 Å². The first kappa shape index (κ1) is 30.9. The van der Waals surface area contributed by atoms with E-state index in [9.17, 15) is 0 Å². The Hall–Kier alpha value is -4.43. The lowest BCUT2D eigenvalue weighted by molar-refractivity contribution is -0.438. The summed E-state index contributed by atoms with van der Waals surface area (Å²) in [6.07, 6.45) is 18.5. The van der Waals surface area contributed by atoms with Crippen LogP contribution in [0.1, 0.15) is 81.9 Å². The van der Waals surface area contributed by atoms with Crippen molar-refractivity contribution in [3.05, 3.63) is 144 Å². The van der Waals surface area contributed by atoms with Crippen LogP contribution in [0.4, 0.5) is 11.4 Å². The van der Waals surface area contributed by atoms with Crippen molar-refractivity contribution in [2.45, 2.75) is 82.5 Å². The fraction of sp³-hybridized carbons (Fsp3) is 0.326. The van der Waals surface area contributed by atoms with Gasteiger partial charge in [0.15, 0.2) is 5.71 Å². The van der Waals surface area contributed by atoms with Gasteiger partial charge >= 0.3 is 0 Å². The highest BCUT2D eigenvalue weighted by Crippen LogP contribution is 2.53. The maximum atomic E-state index is 2.72. The second-order valence-electron chi connectivity index (χ2n) is 14.7. The number of unbranched alkanes of at least 4 members (excludes halogenated alkanes) is 2. The van der Waals surface area contributed by atoms with Crippen molar-refractivity contribution < 1.29 is 4.58 Å². The molecule has 5 aromatic carbocycles. The monoisotopic (exact) mass is 629 g/mol. The number of anilines is 1. The molecule has 1 atom stereocenters. The molecule has 1 fully saturated rings. The first-order valence-corrected chi connectivity index (χ1v) is 18.4. The molecule has 2 nitrogen and oxygen atoms in total. The van der Waals surface area contributed by atoms with Gasteiger partial charge < -0.3 is 4.90 Å². The Kier molecular flexibility index (Phi) is 8.07. The summed E-state index contributed by atoms with van der Waals surface area (Å²) in [5.74, 6) is 0. The summed E-state index contributed by atoms with van der Waals surface area (Å²) in [5, 5.41) is 5.46. The number of benzene rings is 5. The third-order valence-corrected chi connectivity index (χ3v) is 11.8. The van der Waals surface area contributed by atoms with E-state index in [1.807, 2.05) is 0 Å². The lowest BCUT2D eigenvalue weighted by Gasteiger charge is -2.32. The Morgan fingerprint density at radius 2 is 1.44 bits per heavy atom. The molecule has 0 bridgehead atoms. The Bertz CT molecular complexity index is 2070. The number of fused-ring (bicyclic) bond motifs is 7. The molecule has 2 aliphatic heterocycles. The Balaban J connectivity index is 1.28. The van der Waals surface area contributed by atoms with Crippen LogP contribution in [0, 0.1) is 0 Å². The van der Waals surface area contributed by atoms with Crippen molar-refractivity contribution >= 4 is 38.6 Å². The van der Waals surface area contributed by atoms with Gasteiger partial charge in [0.1, 0.15) is 6.54 Å². The van der Waals surface area contributed by atoms with Crippen LogP contribution in [0.5, 0.6) is 0 Å². The molecular formula is C46H49N2+. The summed E-state index contributed by atoms with van der Waals surface area (Å²) in [7, 11) is 2.28. The van der Waals surface area contributed by atoms with Crippen LogP contribution in [-0.2, 0) is 17.3 Å². The van der Waals surface area contributed by atoms with Gasteiger partial charge in [-0.15, -0.1) is 0 Å². The molecule has 8 rings (SSSR count). The average molecular weight is 630 g/mol. The normalized spacial score (nSPS) is 20.9. The molecule has 2 heteroatoms. The molecule has 242 valence electrons. The zero-order valence-corrected chi connectivity index (χ0v) is 29.0. The largest absolute Gasteiger partial charge is 0.347 e. The predicted octanol–water partition coefficient (Wildman–Crippen LogP) is 11.6. The molecule has 3 aliphatic rings. The number of hydrogen-bond acceptors (Lipinski definition) is 1. The van der Waals surface area contributed by atoms with Gasteiger partial charge in [0.25, 0.3) is 0 Å². The minimum atomic E-state index is -0.150. The maximum absolute atomic E-state index is 2.72. The minimum Gasteiger partial charge on any atom is -0.347 e. The van der Waals surface area contributed by atoms with E-state index in [-0.39, 0.29) is 10.8 Å². The van der Waals surface area contributed by atoms with Crippen LogP contribution < -0.4 is 4.90 Å². The van der Waals surface area contributed by atoms with Gasteiger partial charge in [-0.25, -0.2) is 0 Å². The van der Waals surface area contributed by atoms with Crippen LogP contribution in [0.15, 0.2) is 127 Å². The Labute approximate surface area is 287 Å². The molecule has 5 aromatic rings. The molecular weight excluding hydrogens is 581 g/mol. The summed E-state index contributed by atoms with van der Waals surface area (Å²) < 4.78 is 2.72. The van der Waals surface area contributed by atoms with Gasteiger partial charge in [-0.1, -0.05) is 130 Å². The van der Waals surface area contributed by atoms with Crippen LogP contribution in [0.25, 0.3) is 21.5 Å². The van der Waals surface area contributed by atoms with Crippen molar-refractivity contribution in [3.63, 3.8) is 0 Å². The van der Waals surface area contributed by atoms with E-state index < -0.39 is 0 Å². The van der Waals surface area contributed by atoms with Crippen molar-refractivity contribution in [1.29, 1.82) is 0 Å². The SMILES string of the molecule is CCCCC[N+]1=C(C=CC=C2N(C)c3c(ccc4ccccc34)C2(C)Cc2ccccc2)C2(CCCCC2)c2c1ccc1ccccc21. The third-order valence-electron chi connectivity index (χ3n) is 11.8. The van der Waals surface area contributed by atoms with Crippen LogP contribution in [-0.4, -0.2) is 23.9 Å². The summed E-state index contributed by atoms with van der Waals surface area (Å²) in [4.78, 5) is 2.49. The number of hydrogen-bond donors (Lipinski definition) is 0. The summed E-state index contributed by atoms with van der Waals surface area (Å²) in [6, 6.07) is 38.5. The molecule has 2 heterocycles. The van der Waals surface area contributed by atoms with Crippen LogP contribution in [0.2, 0.25) is 0 Å². The highest BCUT2D eigenvalue weighted by molar-refractivity contribution is 6.08.